The van der Waals surface area contributed by atoms with Gasteiger partial charge in [0.25, 0.3) is 0 Å². The molecule has 0 N–H and O–H groups in total. The van der Waals surface area contributed by atoms with E-state index in [9.17, 15) is 4.79 Å². The molecule has 0 amide bonds. The first kappa shape index (κ1) is 9.78. The molecule has 1 radical (unpaired) electrons. The Morgan fingerprint density at radius 2 is 2.00 bits per heavy atom. The third kappa shape index (κ3) is 2.58. The molecule has 0 aromatic heterocycles. The smallest absolute Gasteiger partial charge is 0.206 e. The van der Waals surface area contributed by atoms with Crippen molar-refractivity contribution >= 4 is 6.29 Å². The van der Waals surface area contributed by atoms with Gasteiger partial charge in [-0.25, -0.2) is 0 Å². The fourth-order valence-electron chi connectivity index (χ4n) is 1.09. The number of hydrogen-bond acceptors (Lipinski definition) is 2. The summed E-state index contributed by atoms with van der Waals surface area (Å²) < 4.78 is 5.28. The van der Waals surface area contributed by atoms with E-state index in [1.165, 1.54) is 0 Å². The third-order valence-electron chi connectivity index (χ3n) is 1.87. The molecule has 0 saturated heterocycles. The summed E-state index contributed by atoms with van der Waals surface area (Å²) in [5.74, 6) is 0.681. The Bertz CT molecular complexity index is 264. The van der Waals surface area contributed by atoms with Crippen LogP contribution in [-0.4, -0.2) is 12.9 Å². The molecule has 1 aromatic carbocycles. The Hall–Kier alpha value is -1.31. The van der Waals surface area contributed by atoms with E-state index in [0.717, 1.165) is 11.3 Å². The molecule has 0 spiro atoms. The Morgan fingerprint density at radius 1 is 1.38 bits per heavy atom. The molecular weight excluding hydrogens is 164 g/mol. The zero-order valence-electron chi connectivity index (χ0n) is 7.91. The quantitative estimate of drug-likeness (QED) is 0.705. The maximum Gasteiger partial charge on any atom is 0.206 e. The lowest BCUT2D eigenvalue weighted by atomic mass is 10.0. The van der Waals surface area contributed by atoms with Gasteiger partial charge in [-0.1, -0.05) is 19.1 Å². The minimum absolute atomic E-state index is 0.157. The van der Waals surface area contributed by atoms with Crippen LogP contribution in [0.5, 0.6) is 5.75 Å². The second kappa shape index (κ2) is 4.65. The zero-order valence-corrected chi connectivity index (χ0v) is 7.91. The van der Waals surface area contributed by atoms with Crippen LogP contribution < -0.4 is 4.74 Å². The summed E-state index contributed by atoms with van der Waals surface area (Å²) in [7, 11) is 0. The molecule has 0 bridgehead atoms. The van der Waals surface area contributed by atoms with Crippen molar-refractivity contribution in [2.24, 2.45) is 0 Å². The van der Waals surface area contributed by atoms with Crippen LogP contribution in [0.3, 0.4) is 0 Å². The molecule has 0 aliphatic rings. The lowest BCUT2D eigenvalue weighted by Crippen LogP contribution is -1.95. The molecule has 2 heteroatoms. The summed E-state index contributed by atoms with van der Waals surface area (Å²) in [6.07, 6.45) is 1.94. The van der Waals surface area contributed by atoms with Gasteiger partial charge in [-0.05, 0) is 24.6 Å². The monoisotopic (exact) mass is 177 g/mol. The molecule has 2 nitrogen and oxygen atoms in total. The van der Waals surface area contributed by atoms with Gasteiger partial charge in [0.1, 0.15) is 5.75 Å². The summed E-state index contributed by atoms with van der Waals surface area (Å²) >= 11 is 0. The topological polar surface area (TPSA) is 26.3 Å². The van der Waals surface area contributed by atoms with Crippen LogP contribution in [0.15, 0.2) is 24.3 Å². The number of carbonyl (C=O) groups excluding carboxylic acids is 1. The van der Waals surface area contributed by atoms with Crippen molar-refractivity contribution in [3.05, 3.63) is 29.8 Å². The molecule has 0 aliphatic heterocycles. The van der Waals surface area contributed by atoms with E-state index >= 15 is 0 Å². The van der Waals surface area contributed by atoms with E-state index in [4.69, 9.17) is 4.74 Å². The molecule has 0 fully saturated rings. The van der Waals surface area contributed by atoms with Crippen LogP contribution in [0.4, 0.5) is 0 Å². The average Bonchev–Trinajstić information content (AvgIpc) is 2.18. The van der Waals surface area contributed by atoms with E-state index in [0.29, 0.717) is 6.61 Å². The van der Waals surface area contributed by atoms with Gasteiger partial charge in [-0.3, -0.25) is 4.79 Å². The van der Waals surface area contributed by atoms with Crippen molar-refractivity contribution < 1.29 is 9.53 Å². The van der Waals surface area contributed by atoms with Crippen LogP contribution >= 0.6 is 0 Å². The average molecular weight is 177 g/mol. The number of hydrogen-bond donors (Lipinski definition) is 0. The van der Waals surface area contributed by atoms with E-state index < -0.39 is 0 Å². The molecule has 1 rings (SSSR count). The van der Waals surface area contributed by atoms with Crippen LogP contribution in [-0.2, 0) is 4.79 Å². The highest BCUT2D eigenvalue weighted by Crippen LogP contribution is 2.17. The molecule has 0 saturated carbocycles. The molecule has 0 aliphatic carbocycles. The van der Waals surface area contributed by atoms with E-state index in [1.54, 1.807) is 0 Å². The fourth-order valence-corrected chi connectivity index (χ4v) is 1.09. The number of benzene rings is 1. The first-order valence-electron chi connectivity index (χ1n) is 4.38. The van der Waals surface area contributed by atoms with Gasteiger partial charge in [0.05, 0.1) is 6.61 Å². The highest BCUT2D eigenvalue weighted by molar-refractivity contribution is 5.62. The standard InChI is InChI=1S/C11H13O2/c1-3-13-11-6-4-10(5-7-11)9(2)8-12/h4-7,9H,3H2,1-2H3. The highest BCUT2D eigenvalue weighted by atomic mass is 16.5. The molecule has 0 heterocycles. The highest BCUT2D eigenvalue weighted by Gasteiger charge is 2.03. The summed E-state index contributed by atoms with van der Waals surface area (Å²) in [5, 5.41) is 0. The molecule has 13 heavy (non-hydrogen) atoms. The van der Waals surface area contributed by atoms with Crippen molar-refractivity contribution in [3.63, 3.8) is 0 Å². The zero-order chi connectivity index (χ0) is 9.68. The maximum absolute atomic E-state index is 10.4. The van der Waals surface area contributed by atoms with Crippen molar-refractivity contribution in [3.8, 4) is 5.75 Å². The van der Waals surface area contributed by atoms with E-state index in [2.05, 4.69) is 0 Å². The Morgan fingerprint density at radius 3 is 2.46 bits per heavy atom. The lowest BCUT2D eigenvalue weighted by Gasteiger charge is -2.05. The molecule has 1 unspecified atom stereocenters. The van der Waals surface area contributed by atoms with Gasteiger partial charge in [0.15, 0.2) is 0 Å². The van der Waals surface area contributed by atoms with Crippen LogP contribution in [0.25, 0.3) is 0 Å². The van der Waals surface area contributed by atoms with Gasteiger partial charge in [0.2, 0.25) is 6.29 Å². The second-order valence-corrected chi connectivity index (χ2v) is 2.84. The normalized spacial score (nSPS) is 12.2. The van der Waals surface area contributed by atoms with Gasteiger partial charge in [-0.2, -0.15) is 0 Å². The predicted molar refractivity (Wildman–Crippen MR) is 51.7 cm³/mol. The minimum Gasteiger partial charge on any atom is -0.494 e. The third-order valence-corrected chi connectivity index (χ3v) is 1.87. The summed E-state index contributed by atoms with van der Waals surface area (Å²) in [6, 6.07) is 7.51. The molecule has 1 atom stereocenters. The van der Waals surface area contributed by atoms with Crippen molar-refractivity contribution in [2.45, 2.75) is 19.8 Å². The van der Waals surface area contributed by atoms with Crippen molar-refractivity contribution in [1.29, 1.82) is 0 Å². The van der Waals surface area contributed by atoms with Gasteiger partial charge in [0, 0.05) is 5.92 Å². The number of rotatable bonds is 4. The van der Waals surface area contributed by atoms with Gasteiger partial charge in [-0.15, -0.1) is 0 Å². The summed E-state index contributed by atoms with van der Waals surface area (Å²) in [5.41, 5.74) is 0.971. The fraction of sp³-hybridized carbons (Fsp3) is 0.364. The summed E-state index contributed by atoms with van der Waals surface area (Å²) in [4.78, 5) is 10.4. The summed E-state index contributed by atoms with van der Waals surface area (Å²) in [6.45, 7) is 4.42. The van der Waals surface area contributed by atoms with E-state index in [1.807, 2.05) is 44.4 Å². The molecular formula is C11H13O2. The van der Waals surface area contributed by atoms with Crippen LogP contribution in [0.1, 0.15) is 25.3 Å². The first-order valence-corrected chi connectivity index (χ1v) is 4.38. The predicted octanol–water partition coefficient (Wildman–Crippen LogP) is 2.30. The second-order valence-electron chi connectivity index (χ2n) is 2.84. The lowest BCUT2D eigenvalue weighted by molar-refractivity contribution is 0.340. The Balaban J connectivity index is 2.74. The minimum atomic E-state index is -0.157. The van der Waals surface area contributed by atoms with Crippen LogP contribution in [0.2, 0.25) is 0 Å². The molecule has 69 valence electrons. The Labute approximate surface area is 78.5 Å². The maximum atomic E-state index is 10.4. The first-order chi connectivity index (χ1) is 6.27. The largest absolute Gasteiger partial charge is 0.494 e. The van der Waals surface area contributed by atoms with Crippen molar-refractivity contribution in [2.75, 3.05) is 6.61 Å². The number of ether oxygens (including phenoxy) is 1. The molecule has 1 aromatic rings. The van der Waals surface area contributed by atoms with Crippen molar-refractivity contribution in [1.82, 2.24) is 0 Å². The van der Waals surface area contributed by atoms with Crippen LogP contribution in [0, 0.1) is 0 Å². The van der Waals surface area contributed by atoms with Gasteiger partial charge >= 0.3 is 0 Å². The SMILES string of the molecule is CCOc1ccc(C(C)[C]=O)cc1. The van der Waals surface area contributed by atoms with Gasteiger partial charge < -0.3 is 4.74 Å². The van der Waals surface area contributed by atoms with E-state index in [-0.39, 0.29) is 5.92 Å². The Kier molecular flexibility index (Phi) is 3.50.